The summed E-state index contributed by atoms with van der Waals surface area (Å²) in [5.74, 6) is -1.55. The third-order valence-electron chi connectivity index (χ3n) is 4.82. The molecule has 0 spiro atoms. The van der Waals surface area contributed by atoms with Gasteiger partial charge in [-0.2, -0.15) is 0 Å². The monoisotopic (exact) mass is 391 g/mol. The van der Waals surface area contributed by atoms with E-state index in [9.17, 15) is 9.59 Å². The lowest BCUT2D eigenvalue weighted by molar-refractivity contribution is -0.135. The Morgan fingerprint density at radius 3 is 2.50 bits per heavy atom. The predicted octanol–water partition coefficient (Wildman–Crippen LogP) is 4.05. The summed E-state index contributed by atoms with van der Waals surface area (Å²) in [6.45, 7) is 1.11. The number of fused-ring (bicyclic) bond motifs is 1. The number of hydrogen-bond donors (Lipinski definition) is 1. The highest BCUT2D eigenvalue weighted by atomic mass is 35.5. The van der Waals surface area contributed by atoms with Crippen molar-refractivity contribution >= 4 is 34.7 Å². The van der Waals surface area contributed by atoms with Crippen molar-refractivity contribution in [2.24, 2.45) is 0 Å². The van der Waals surface area contributed by atoms with E-state index < -0.39 is 17.6 Å². The van der Waals surface area contributed by atoms with Gasteiger partial charge >= 0.3 is 0 Å². The van der Waals surface area contributed by atoms with Crippen LogP contribution in [0.5, 0.6) is 0 Å². The summed E-state index contributed by atoms with van der Waals surface area (Å²) >= 11 is 5.97. The van der Waals surface area contributed by atoms with Crippen molar-refractivity contribution in [2.75, 3.05) is 16.8 Å². The van der Waals surface area contributed by atoms with Gasteiger partial charge in [-0.15, -0.1) is 0 Å². The van der Waals surface area contributed by atoms with E-state index in [1.165, 1.54) is 0 Å². The summed E-state index contributed by atoms with van der Waals surface area (Å²) in [6, 6.07) is 18.7. The van der Waals surface area contributed by atoms with Crippen molar-refractivity contribution in [1.29, 1.82) is 0 Å². The third-order valence-corrected chi connectivity index (χ3v) is 5.07. The van der Waals surface area contributed by atoms with Gasteiger partial charge in [0.15, 0.2) is 0 Å². The van der Waals surface area contributed by atoms with E-state index in [2.05, 4.69) is 15.2 Å². The van der Waals surface area contributed by atoms with Crippen LogP contribution in [0.2, 0.25) is 5.02 Å². The van der Waals surface area contributed by atoms with Crippen molar-refractivity contribution < 1.29 is 9.59 Å². The van der Waals surface area contributed by atoms with Gasteiger partial charge in [-0.1, -0.05) is 41.9 Å². The van der Waals surface area contributed by atoms with Crippen LogP contribution in [0.4, 0.5) is 11.4 Å². The molecule has 1 N–H and O–H groups in total. The lowest BCUT2D eigenvalue weighted by Crippen LogP contribution is -2.31. The molecule has 1 unspecified atom stereocenters. The lowest BCUT2D eigenvalue weighted by Gasteiger charge is -2.20. The first-order valence-electron chi connectivity index (χ1n) is 8.95. The van der Waals surface area contributed by atoms with Crippen molar-refractivity contribution in [1.82, 2.24) is 4.98 Å². The third kappa shape index (κ3) is 3.75. The van der Waals surface area contributed by atoms with E-state index in [0.29, 0.717) is 23.8 Å². The molecule has 0 saturated carbocycles. The Labute approximate surface area is 168 Å². The number of para-hydroxylation sites is 1. The standard InChI is InChI=1S/C22H18ClN3O2/c23-16-7-5-15(6-8-16)13-26-14-19(18-3-1-2-4-20(18)26)21(27)22(28)25-17-9-11-24-12-10-17/h1-12,19H,13-14H2,(H,24,25,28). The number of carbonyl (C=O) groups excluding carboxylic acids is 2. The fourth-order valence-electron chi connectivity index (χ4n) is 3.46. The van der Waals surface area contributed by atoms with E-state index in [1.807, 2.05) is 48.5 Å². The van der Waals surface area contributed by atoms with Crippen molar-refractivity contribution in [2.45, 2.75) is 12.5 Å². The maximum Gasteiger partial charge on any atom is 0.292 e. The predicted molar refractivity (Wildman–Crippen MR) is 110 cm³/mol. The SMILES string of the molecule is O=C(Nc1ccncc1)C(=O)C1CN(Cc2ccc(Cl)cc2)c2ccccc21. The molecule has 1 atom stereocenters. The van der Waals surface area contributed by atoms with Crippen LogP contribution < -0.4 is 10.2 Å². The zero-order chi connectivity index (χ0) is 19.5. The minimum atomic E-state index is -0.612. The van der Waals surface area contributed by atoms with Gasteiger partial charge in [-0.3, -0.25) is 14.6 Å². The van der Waals surface area contributed by atoms with Crippen LogP contribution in [-0.4, -0.2) is 23.2 Å². The number of aromatic nitrogens is 1. The largest absolute Gasteiger partial charge is 0.366 e. The van der Waals surface area contributed by atoms with E-state index in [1.54, 1.807) is 24.5 Å². The Hall–Kier alpha value is -3.18. The molecule has 0 radical (unpaired) electrons. The lowest BCUT2D eigenvalue weighted by atomic mass is 9.96. The second kappa shape index (κ2) is 7.82. The summed E-state index contributed by atoms with van der Waals surface area (Å²) in [5, 5.41) is 3.34. The van der Waals surface area contributed by atoms with Gasteiger partial charge in [0.25, 0.3) is 5.91 Å². The zero-order valence-electron chi connectivity index (χ0n) is 15.0. The van der Waals surface area contributed by atoms with Crippen LogP contribution in [0.25, 0.3) is 0 Å². The quantitative estimate of drug-likeness (QED) is 0.666. The molecule has 0 bridgehead atoms. The molecule has 0 aliphatic carbocycles. The number of Topliss-reactive ketones (excluding diaryl/α,β-unsaturated/α-hetero) is 1. The van der Waals surface area contributed by atoms with Crippen molar-refractivity contribution in [3.05, 3.63) is 89.2 Å². The van der Waals surface area contributed by atoms with Gasteiger partial charge in [0, 0.05) is 41.9 Å². The molecule has 1 amide bonds. The summed E-state index contributed by atoms with van der Waals surface area (Å²) < 4.78 is 0. The minimum absolute atomic E-state index is 0.442. The maximum atomic E-state index is 12.9. The average Bonchev–Trinajstić information content (AvgIpc) is 3.08. The molecule has 5 nitrogen and oxygen atoms in total. The van der Waals surface area contributed by atoms with Gasteiger partial charge in [0.05, 0.1) is 5.92 Å². The number of ketones is 1. The molecule has 4 rings (SSSR count). The molecule has 2 aromatic carbocycles. The van der Waals surface area contributed by atoms with Crippen LogP contribution in [-0.2, 0) is 16.1 Å². The van der Waals surface area contributed by atoms with E-state index in [4.69, 9.17) is 11.6 Å². The highest BCUT2D eigenvalue weighted by Gasteiger charge is 2.36. The van der Waals surface area contributed by atoms with E-state index >= 15 is 0 Å². The van der Waals surface area contributed by atoms with Gasteiger partial charge in [-0.05, 0) is 41.5 Å². The number of hydrogen-bond acceptors (Lipinski definition) is 4. The normalized spacial score (nSPS) is 15.2. The molecule has 1 aliphatic rings. The molecule has 0 saturated heterocycles. The number of benzene rings is 2. The molecule has 1 aromatic heterocycles. The Morgan fingerprint density at radius 1 is 1.04 bits per heavy atom. The smallest absolute Gasteiger partial charge is 0.292 e. The Bertz CT molecular complexity index is 1010. The molecule has 3 aromatic rings. The number of pyridine rings is 1. The fourth-order valence-corrected chi connectivity index (χ4v) is 3.58. The number of halogens is 1. The number of anilines is 2. The Kier molecular flexibility index (Phi) is 5.08. The van der Waals surface area contributed by atoms with Gasteiger partial charge in [-0.25, -0.2) is 0 Å². The summed E-state index contributed by atoms with van der Waals surface area (Å²) in [4.78, 5) is 31.4. The molecular formula is C22H18ClN3O2. The highest BCUT2D eigenvalue weighted by molar-refractivity contribution is 6.42. The van der Waals surface area contributed by atoms with E-state index in [0.717, 1.165) is 16.8 Å². The van der Waals surface area contributed by atoms with Crippen LogP contribution in [0, 0.1) is 0 Å². The molecule has 6 heteroatoms. The van der Waals surface area contributed by atoms with Crippen LogP contribution in [0.1, 0.15) is 17.0 Å². The molecular weight excluding hydrogens is 374 g/mol. The fraction of sp³-hybridized carbons (Fsp3) is 0.136. The second-order valence-electron chi connectivity index (χ2n) is 6.67. The molecule has 2 heterocycles. The van der Waals surface area contributed by atoms with E-state index in [-0.39, 0.29) is 0 Å². The Morgan fingerprint density at radius 2 is 1.75 bits per heavy atom. The zero-order valence-corrected chi connectivity index (χ0v) is 15.8. The Balaban J connectivity index is 1.54. The number of amides is 1. The van der Waals surface area contributed by atoms with Crippen LogP contribution in [0.15, 0.2) is 73.1 Å². The van der Waals surface area contributed by atoms with Crippen molar-refractivity contribution in [3.63, 3.8) is 0 Å². The van der Waals surface area contributed by atoms with Crippen LogP contribution in [0.3, 0.4) is 0 Å². The summed E-state index contributed by atoms with van der Waals surface area (Å²) in [6.07, 6.45) is 3.14. The molecule has 1 aliphatic heterocycles. The first-order chi connectivity index (χ1) is 13.6. The first kappa shape index (κ1) is 18.2. The first-order valence-corrected chi connectivity index (χ1v) is 9.33. The number of carbonyl (C=O) groups is 2. The number of nitrogens with one attached hydrogen (secondary N) is 1. The second-order valence-corrected chi connectivity index (χ2v) is 7.11. The molecule has 140 valence electrons. The summed E-state index contributed by atoms with van der Waals surface area (Å²) in [7, 11) is 0. The number of rotatable bonds is 5. The van der Waals surface area contributed by atoms with Gasteiger partial charge in [0.2, 0.25) is 5.78 Å². The number of nitrogens with zero attached hydrogens (tertiary/aromatic N) is 2. The average molecular weight is 392 g/mol. The molecule has 0 fully saturated rings. The topological polar surface area (TPSA) is 62.3 Å². The highest BCUT2D eigenvalue weighted by Crippen LogP contribution is 2.37. The van der Waals surface area contributed by atoms with Crippen molar-refractivity contribution in [3.8, 4) is 0 Å². The van der Waals surface area contributed by atoms with Gasteiger partial charge in [0.1, 0.15) is 0 Å². The summed E-state index contributed by atoms with van der Waals surface area (Å²) in [5.41, 5.74) is 3.50. The van der Waals surface area contributed by atoms with Crippen LogP contribution >= 0.6 is 11.6 Å². The van der Waals surface area contributed by atoms with Gasteiger partial charge < -0.3 is 10.2 Å². The minimum Gasteiger partial charge on any atom is -0.366 e. The molecule has 28 heavy (non-hydrogen) atoms. The maximum absolute atomic E-state index is 12.9.